The first kappa shape index (κ1) is 25.3. The first-order valence-electron chi connectivity index (χ1n) is 11.2. The number of ether oxygens (including phenoxy) is 1. The summed E-state index contributed by atoms with van der Waals surface area (Å²) in [5.74, 6) is 0.111. The van der Waals surface area contributed by atoms with Crippen LogP contribution in [0, 0.1) is 6.92 Å². The number of likely N-dealkylation sites (N-methyl/N-ethyl adjacent to an activating group) is 2. The van der Waals surface area contributed by atoms with Crippen molar-refractivity contribution in [3.05, 3.63) is 64.3 Å². The Morgan fingerprint density at radius 3 is 2.24 bits per heavy atom. The third-order valence-electron chi connectivity index (χ3n) is 6.08. The topological polar surface area (TPSA) is 71.9 Å². The highest BCUT2D eigenvalue weighted by Gasteiger charge is 2.24. The second-order valence-corrected chi connectivity index (χ2v) is 8.52. The average molecular weight is 484 g/mol. The fraction of sp³-hybridized carbons (Fsp3) is 0.346. The van der Waals surface area contributed by atoms with Gasteiger partial charge in [0.15, 0.2) is 0 Å². The fourth-order valence-corrected chi connectivity index (χ4v) is 4.18. The minimum Gasteiger partial charge on any atom is -0.497 e. The number of benzene rings is 2. The number of rotatable bonds is 8. The van der Waals surface area contributed by atoms with Crippen LogP contribution < -0.4 is 4.74 Å². The van der Waals surface area contributed by atoms with Crippen molar-refractivity contribution < 1.29 is 19.1 Å². The van der Waals surface area contributed by atoms with Gasteiger partial charge in [0.25, 0.3) is 5.91 Å². The van der Waals surface area contributed by atoms with Gasteiger partial charge in [-0.25, -0.2) is 0 Å². The number of carbonyl (C=O) groups is 3. The molecule has 7 nitrogen and oxygen atoms in total. The van der Waals surface area contributed by atoms with Crippen LogP contribution in [0.4, 0.5) is 0 Å². The Balaban J connectivity index is 1.99. The second kappa shape index (κ2) is 10.7. The molecule has 0 unspecified atom stereocenters. The molecule has 34 heavy (non-hydrogen) atoms. The van der Waals surface area contributed by atoms with E-state index in [1.54, 1.807) is 54.0 Å². The molecule has 180 valence electrons. The molecule has 0 N–H and O–H groups in total. The van der Waals surface area contributed by atoms with Gasteiger partial charge in [-0.1, -0.05) is 11.6 Å². The Morgan fingerprint density at radius 2 is 1.65 bits per heavy atom. The number of carbonyl (C=O) groups excluding carboxylic acids is 3. The van der Waals surface area contributed by atoms with E-state index in [9.17, 15) is 14.4 Å². The molecule has 0 aliphatic carbocycles. The molecule has 0 radical (unpaired) electrons. The Morgan fingerprint density at radius 1 is 1.00 bits per heavy atom. The number of aromatic nitrogens is 1. The number of hydrogen-bond acceptors (Lipinski definition) is 4. The highest BCUT2D eigenvalue weighted by atomic mass is 35.5. The molecule has 0 spiro atoms. The van der Waals surface area contributed by atoms with Gasteiger partial charge in [0, 0.05) is 41.8 Å². The number of amides is 2. The summed E-state index contributed by atoms with van der Waals surface area (Å²) in [6, 6.07) is 12.1. The van der Waals surface area contributed by atoms with Crippen molar-refractivity contribution in [2.24, 2.45) is 0 Å². The largest absolute Gasteiger partial charge is 0.497 e. The van der Waals surface area contributed by atoms with Gasteiger partial charge in [-0.2, -0.15) is 0 Å². The summed E-state index contributed by atoms with van der Waals surface area (Å²) in [6.45, 7) is 6.83. The van der Waals surface area contributed by atoms with Gasteiger partial charge >= 0.3 is 0 Å². The van der Waals surface area contributed by atoms with Crippen LogP contribution in [-0.4, -0.2) is 65.9 Å². The lowest BCUT2D eigenvalue weighted by molar-refractivity contribution is -0.138. The lowest BCUT2D eigenvalue weighted by atomic mass is 10.1. The number of halogens is 1. The van der Waals surface area contributed by atoms with Gasteiger partial charge in [0.1, 0.15) is 5.75 Å². The number of hydrogen-bond donors (Lipinski definition) is 0. The molecule has 0 saturated carbocycles. The van der Waals surface area contributed by atoms with Crippen LogP contribution >= 0.6 is 11.6 Å². The van der Waals surface area contributed by atoms with E-state index in [0.717, 1.165) is 10.9 Å². The van der Waals surface area contributed by atoms with E-state index < -0.39 is 0 Å². The van der Waals surface area contributed by atoms with Crippen LogP contribution in [0.15, 0.2) is 42.5 Å². The number of nitrogens with zero attached hydrogens (tertiary/aromatic N) is 3. The summed E-state index contributed by atoms with van der Waals surface area (Å²) in [6.07, 6.45) is 0.0540. The minimum absolute atomic E-state index is 0.00519. The lowest BCUT2D eigenvalue weighted by Crippen LogP contribution is -2.41. The summed E-state index contributed by atoms with van der Waals surface area (Å²) >= 11 is 5.99. The Bertz CT molecular complexity index is 1210. The smallest absolute Gasteiger partial charge is 0.262 e. The Labute approximate surface area is 204 Å². The van der Waals surface area contributed by atoms with Crippen molar-refractivity contribution in [3.63, 3.8) is 0 Å². The predicted molar refractivity (Wildman–Crippen MR) is 134 cm³/mol. The van der Waals surface area contributed by atoms with Gasteiger partial charge in [-0.15, -0.1) is 0 Å². The molecular weight excluding hydrogens is 454 g/mol. The SMILES string of the molecule is CCN(CC)C(=O)CN(C)C(=O)Cc1c(C)n(C(=O)c2ccc(Cl)cc2)c2ccc(OC)cc12. The summed E-state index contributed by atoms with van der Waals surface area (Å²) in [7, 11) is 3.19. The van der Waals surface area contributed by atoms with Crippen molar-refractivity contribution >= 4 is 40.2 Å². The van der Waals surface area contributed by atoms with Crippen molar-refractivity contribution in [3.8, 4) is 5.75 Å². The normalized spacial score (nSPS) is 10.9. The number of fused-ring (bicyclic) bond motifs is 1. The van der Waals surface area contributed by atoms with Crippen LogP contribution in [-0.2, 0) is 16.0 Å². The zero-order valence-corrected chi connectivity index (χ0v) is 21.0. The Kier molecular flexibility index (Phi) is 7.99. The van der Waals surface area contributed by atoms with Gasteiger partial charge in [0.2, 0.25) is 11.8 Å². The van der Waals surface area contributed by atoms with Gasteiger partial charge in [0.05, 0.1) is 25.6 Å². The molecule has 0 atom stereocenters. The highest BCUT2D eigenvalue weighted by molar-refractivity contribution is 6.30. The summed E-state index contributed by atoms with van der Waals surface area (Å²) in [5, 5.41) is 1.31. The van der Waals surface area contributed by atoms with Crippen molar-refractivity contribution in [2.75, 3.05) is 33.8 Å². The maximum Gasteiger partial charge on any atom is 0.262 e. The molecule has 3 rings (SSSR count). The van der Waals surface area contributed by atoms with Crippen LogP contribution in [0.3, 0.4) is 0 Å². The van der Waals surface area contributed by atoms with Crippen LogP contribution in [0.5, 0.6) is 5.75 Å². The van der Waals surface area contributed by atoms with E-state index in [1.165, 1.54) is 4.90 Å². The molecule has 3 aromatic rings. The van der Waals surface area contributed by atoms with E-state index in [4.69, 9.17) is 16.3 Å². The maximum atomic E-state index is 13.4. The van der Waals surface area contributed by atoms with Crippen molar-refractivity contribution in [1.29, 1.82) is 0 Å². The average Bonchev–Trinajstić information content (AvgIpc) is 3.10. The molecular formula is C26H30ClN3O4. The molecule has 0 aliphatic heterocycles. The van der Waals surface area contributed by atoms with Gasteiger partial charge in [-0.3, -0.25) is 19.0 Å². The molecule has 8 heteroatoms. The van der Waals surface area contributed by atoms with E-state index in [2.05, 4.69) is 0 Å². The van der Waals surface area contributed by atoms with E-state index >= 15 is 0 Å². The molecule has 0 fully saturated rings. The molecule has 1 heterocycles. The monoisotopic (exact) mass is 483 g/mol. The first-order valence-corrected chi connectivity index (χ1v) is 11.6. The maximum absolute atomic E-state index is 13.4. The lowest BCUT2D eigenvalue weighted by Gasteiger charge is -2.23. The van der Waals surface area contributed by atoms with Crippen molar-refractivity contribution in [1.82, 2.24) is 14.4 Å². The minimum atomic E-state index is -0.215. The number of methoxy groups -OCH3 is 1. The van der Waals surface area contributed by atoms with Gasteiger partial charge < -0.3 is 14.5 Å². The summed E-state index contributed by atoms with van der Waals surface area (Å²) in [4.78, 5) is 42.1. The second-order valence-electron chi connectivity index (χ2n) is 8.09. The molecule has 2 amide bonds. The zero-order valence-electron chi connectivity index (χ0n) is 20.2. The van der Waals surface area contributed by atoms with E-state index in [0.29, 0.717) is 40.6 Å². The first-order chi connectivity index (χ1) is 16.2. The predicted octanol–water partition coefficient (Wildman–Crippen LogP) is 4.17. The van der Waals surface area contributed by atoms with E-state index in [-0.39, 0.29) is 30.7 Å². The third-order valence-corrected chi connectivity index (χ3v) is 6.33. The molecule has 0 bridgehead atoms. The molecule has 0 saturated heterocycles. The molecule has 1 aromatic heterocycles. The summed E-state index contributed by atoms with van der Waals surface area (Å²) in [5.41, 5.74) is 2.56. The quantitative estimate of drug-likeness (QED) is 0.482. The van der Waals surface area contributed by atoms with Crippen LogP contribution in [0.25, 0.3) is 10.9 Å². The van der Waals surface area contributed by atoms with Crippen LogP contribution in [0.2, 0.25) is 5.02 Å². The zero-order chi connectivity index (χ0) is 25.0. The third kappa shape index (κ3) is 5.09. The van der Waals surface area contributed by atoms with Crippen molar-refractivity contribution in [2.45, 2.75) is 27.2 Å². The highest BCUT2D eigenvalue weighted by Crippen LogP contribution is 2.31. The standard InChI is InChI=1S/C26H30ClN3O4/c1-6-29(7-2)25(32)16-28(4)24(31)15-21-17(3)30(23-13-12-20(34-5)14-22(21)23)26(33)18-8-10-19(27)11-9-18/h8-14H,6-7,15-16H2,1-5H3. The van der Waals surface area contributed by atoms with Gasteiger partial charge in [-0.05, 0) is 68.8 Å². The van der Waals surface area contributed by atoms with Crippen LogP contribution in [0.1, 0.15) is 35.5 Å². The summed E-state index contributed by atoms with van der Waals surface area (Å²) < 4.78 is 7.00. The Hall–Kier alpha value is -3.32. The van der Waals surface area contributed by atoms with E-state index in [1.807, 2.05) is 32.9 Å². The molecule has 0 aliphatic rings. The molecule has 2 aromatic carbocycles. The fourth-order valence-electron chi connectivity index (χ4n) is 4.05.